The fourth-order valence-corrected chi connectivity index (χ4v) is 4.51. The molecule has 0 amide bonds. The van der Waals surface area contributed by atoms with Gasteiger partial charge in [0.25, 0.3) is 0 Å². The second-order valence-electron chi connectivity index (χ2n) is 6.44. The Morgan fingerprint density at radius 1 is 1.15 bits per heavy atom. The summed E-state index contributed by atoms with van der Waals surface area (Å²) < 4.78 is 34.7. The lowest BCUT2D eigenvalue weighted by molar-refractivity contribution is 0.411. The predicted octanol–water partition coefficient (Wildman–Crippen LogP) is 2.32. The van der Waals surface area contributed by atoms with Gasteiger partial charge in [-0.3, -0.25) is 4.57 Å². The van der Waals surface area contributed by atoms with E-state index in [0.29, 0.717) is 24.3 Å². The average Bonchev–Trinajstić information content (AvgIpc) is 2.95. The predicted molar refractivity (Wildman–Crippen MR) is 105 cm³/mol. The number of benzene rings is 2. The highest BCUT2D eigenvalue weighted by Gasteiger charge is 2.18. The molecule has 0 aliphatic heterocycles. The molecule has 0 aliphatic carbocycles. The van der Waals surface area contributed by atoms with E-state index < -0.39 is 10.0 Å². The Kier molecular flexibility index (Phi) is 5.38. The van der Waals surface area contributed by atoms with Crippen molar-refractivity contribution in [3.05, 3.63) is 58.0 Å². The summed E-state index contributed by atoms with van der Waals surface area (Å²) in [6.07, 6.45) is 0.495. The van der Waals surface area contributed by atoms with Crippen molar-refractivity contribution in [1.29, 1.82) is 0 Å². The molecule has 144 valence electrons. The zero-order valence-corrected chi connectivity index (χ0v) is 16.4. The molecule has 0 bridgehead atoms. The Balaban J connectivity index is 1.69. The molecule has 27 heavy (non-hydrogen) atoms. The molecular formula is C19H23N3O4S. The van der Waals surface area contributed by atoms with Gasteiger partial charge in [0.05, 0.1) is 23.0 Å². The molecule has 0 saturated heterocycles. The SMILES string of the molecule is COc1cc(C)c(S(=O)(=O)NCCCn2c(=O)[nH]c3ccccc32)cc1C. The standard InChI is InChI=1S/C19H23N3O4S/c1-13-12-18(14(2)11-17(13)26-3)27(24,25)20-9-6-10-22-16-8-5-4-7-15(16)21-19(22)23/h4-5,7-8,11-12,20H,6,9-10H2,1-3H3,(H,21,23). The maximum Gasteiger partial charge on any atom is 0.326 e. The number of aromatic nitrogens is 2. The smallest absolute Gasteiger partial charge is 0.326 e. The molecule has 0 atom stereocenters. The summed E-state index contributed by atoms with van der Waals surface area (Å²) in [7, 11) is -2.08. The Bertz CT molecular complexity index is 1130. The molecule has 0 radical (unpaired) electrons. The van der Waals surface area contributed by atoms with Crippen LogP contribution in [0.4, 0.5) is 0 Å². The van der Waals surface area contributed by atoms with Crippen LogP contribution in [0.25, 0.3) is 11.0 Å². The molecule has 3 rings (SSSR count). The number of ether oxygens (including phenoxy) is 1. The largest absolute Gasteiger partial charge is 0.496 e. The number of nitrogens with one attached hydrogen (secondary N) is 2. The van der Waals surface area contributed by atoms with E-state index in [0.717, 1.165) is 16.6 Å². The van der Waals surface area contributed by atoms with Gasteiger partial charge in [0, 0.05) is 13.1 Å². The molecule has 0 unspecified atom stereocenters. The summed E-state index contributed by atoms with van der Waals surface area (Å²) in [5, 5.41) is 0. The Labute approximate surface area is 158 Å². The molecule has 0 aliphatic rings. The van der Waals surface area contributed by atoms with Gasteiger partial charge in [-0.2, -0.15) is 0 Å². The van der Waals surface area contributed by atoms with E-state index in [2.05, 4.69) is 9.71 Å². The van der Waals surface area contributed by atoms with Crippen molar-refractivity contribution in [2.45, 2.75) is 31.7 Å². The lowest BCUT2D eigenvalue weighted by atomic mass is 10.1. The van der Waals surface area contributed by atoms with Gasteiger partial charge < -0.3 is 9.72 Å². The molecule has 7 nitrogen and oxygen atoms in total. The van der Waals surface area contributed by atoms with Gasteiger partial charge in [-0.05, 0) is 55.7 Å². The number of para-hydroxylation sites is 2. The third-order valence-electron chi connectivity index (χ3n) is 4.51. The number of fused-ring (bicyclic) bond motifs is 1. The number of aromatic amines is 1. The maximum absolute atomic E-state index is 12.6. The minimum Gasteiger partial charge on any atom is -0.496 e. The van der Waals surface area contributed by atoms with Gasteiger partial charge in [0.1, 0.15) is 5.75 Å². The van der Waals surface area contributed by atoms with Crippen molar-refractivity contribution < 1.29 is 13.2 Å². The maximum atomic E-state index is 12.6. The van der Waals surface area contributed by atoms with Gasteiger partial charge in [-0.15, -0.1) is 0 Å². The monoisotopic (exact) mass is 389 g/mol. The molecule has 8 heteroatoms. The number of hydrogen-bond donors (Lipinski definition) is 2. The van der Waals surface area contributed by atoms with Crippen LogP contribution in [0.3, 0.4) is 0 Å². The molecular weight excluding hydrogens is 366 g/mol. The minimum atomic E-state index is -3.63. The van der Waals surface area contributed by atoms with Gasteiger partial charge >= 0.3 is 5.69 Å². The molecule has 1 heterocycles. The highest BCUT2D eigenvalue weighted by Crippen LogP contribution is 2.25. The highest BCUT2D eigenvalue weighted by molar-refractivity contribution is 7.89. The number of imidazole rings is 1. The number of hydrogen-bond acceptors (Lipinski definition) is 4. The summed E-state index contributed by atoms with van der Waals surface area (Å²) >= 11 is 0. The molecule has 0 fully saturated rings. The second-order valence-corrected chi connectivity index (χ2v) is 8.17. The summed E-state index contributed by atoms with van der Waals surface area (Å²) in [6.45, 7) is 4.20. The van der Waals surface area contributed by atoms with Crippen LogP contribution < -0.4 is 15.1 Å². The van der Waals surface area contributed by atoms with Crippen LogP contribution in [0.1, 0.15) is 17.5 Å². The van der Waals surface area contributed by atoms with Crippen LogP contribution in [-0.4, -0.2) is 31.6 Å². The van der Waals surface area contributed by atoms with Gasteiger partial charge in [-0.25, -0.2) is 17.9 Å². The number of methoxy groups -OCH3 is 1. The van der Waals surface area contributed by atoms with Crippen LogP contribution in [-0.2, 0) is 16.6 Å². The number of sulfonamides is 1. The third kappa shape index (κ3) is 3.91. The van der Waals surface area contributed by atoms with Crippen molar-refractivity contribution in [3.8, 4) is 5.75 Å². The summed E-state index contributed by atoms with van der Waals surface area (Å²) in [5.74, 6) is 0.658. The van der Waals surface area contributed by atoms with E-state index in [9.17, 15) is 13.2 Å². The lowest BCUT2D eigenvalue weighted by Crippen LogP contribution is -2.27. The average molecular weight is 389 g/mol. The van der Waals surface area contributed by atoms with Gasteiger partial charge in [0.15, 0.2) is 0 Å². The molecule has 1 aromatic heterocycles. The zero-order chi connectivity index (χ0) is 19.6. The fourth-order valence-electron chi connectivity index (χ4n) is 3.12. The van der Waals surface area contributed by atoms with E-state index in [1.54, 1.807) is 37.7 Å². The first-order chi connectivity index (χ1) is 12.8. The zero-order valence-electron chi connectivity index (χ0n) is 15.6. The number of nitrogens with zero attached hydrogens (tertiary/aromatic N) is 1. The van der Waals surface area contributed by atoms with Crippen LogP contribution in [0.2, 0.25) is 0 Å². The number of aryl methyl sites for hydroxylation is 3. The summed E-state index contributed by atoms with van der Waals surface area (Å²) in [5.41, 5.74) is 2.77. The summed E-state index contributed by atoms with van der Waals surface area (Å²) in [6, 6.07) is 10.8. The molecule has 3 aromatic rings. The quantitative estimate of drug-likeness (QED) is 0.607. The first-order valence-electron chi connectivity index (χ1n) is 8.66. The van der Waals surface area contributed by atoms with E-state index in [1.165, 1.54) is 0 Å². The van der Waals surface area contributed by atoms with Crippen molar-refractivity contribution in [1.82, 2.24) is 14.3 Å². The van der Waals surface area contributed by atoms with Crippen molar-refractivity contribution in [2.75, 3.05) is 13.7 Å². The number of rotatable bonds is 7. The van der Waals surface area contributed by atoms with E-state index in [4.69, 9.17) is 4.74 Å². The van der Waals surface area contributed by atoms with Gasteiger partial charge in [0.2, 0.25) is 10.0 Å². The van der Waals surface area contributed by atoms with Crippen molar-refractivity contribution >= 4 is 21.1 Å². The van der Waals surface area contributed by atoms with Crippen LogP contribution in [0, 0.1) is 13.8 Å². The molecule has 2 N–H and O–H groups in total. The third-order valence-corrected chi connectivity index (χ3v) is 6.12. The van der Waals surface area contributed by atoms with E-state index in [-0.39, 0.29) is 17.1 Å². The Hall–Kier alpha value is -2.58. The molecule has 2 aromatic carbocycles. The Morgan fingerprint density at radius 2 is 1.89 bits per heavy atom. The van der Waals surface area contributed by atoms with E-state index >= 15 is 0 Å². The minimum absolute atomic E-state index is 0.194. The van der Waals surface area contributed by atoms with E-state index in [1.807, 2.05) is 24.3 Å². The summed E-state index contributed by atoms with van der Waals surface area (Å²) in [4.78, 5) is 15.1. The van der Waals surface area contributed by atoms with Crippen LogP contribution in [0.15, 0.2) is 46.1 Å². The van der Waals surface area contributed by atoms with Gasteiger partial charge in [-0.1, -0.05) is 12.1 Å². The van der Waals surface area contributed by atoms with Crippen LogP contribution in [0.5, 0.6) is 5.75 Å². The molecule has 0 saturated carbocycles. The molecule has 0 spiro atoms. The van der Waals surface area contributed by atoms with Crippen molar-refractivity contribution in [3.63, 3.8) is 0 Å². The second kappa shape index (κ2) is 7.58. The van der Waals surface area contributed by atoms with Crippen molar-refractivity contribution in [2.24, 2.45) is 0 Å². The first-order valence-corrected chi connectivity index (χ1v) is 10.1. The lowest BCUT2D eigenvalue weighted by Gasteiger charge is -2.13. The Morgan fingerprint density at radius 3 is 2.63 bits per heavy atom. The number of H-pyrrole nitrogens is 1. The van der Waals surface area contributed by atoms with Crippen LogP contribution >= 0.6 is 0 Å². The first kappa shape index (κ1) is 19.2. The fraction of sp³-hybridized carbons (Fsp3) is 0.316. The topological polar surface area (TPSA) is 93.2 Å². The normalized spacial score (nSPS) is 11.8. The highest BCUT2D eigenvalue weighted by atomic mass is 32.2.